The second kappa shape index (κ2) is 10.8. The standard InChI is InChI=1S/C26H24F2N4O2/c1-18(20-7-3-2-4-8-20)32(15-21-9-10-22(27)12-23(21)28)16-25-31-24(17-34-25)26(33)30-14-19-6-5-11-29-13-19/h2-13,17-18H,14-16H2,1H3,(H,30,33)/t18-/m1/s1. The average molecular weight is 463 g/mol. The SMILES string of the molecule is C[C@H](c1ccccc1)N(Cc1nc(C(=O)NCc2cccnc2)co1)Cc1ccc(F)cc1F. The number of carbonyl (C=O) groups excluding carboxylic acids is 1. The molecule has 1 atom stereocenters. The van der Waals surface area contributed by atoms with E-state index in [1.807, 2.05) is 48.2 Å². The first kappa shape index (κ1) is 23.3. The van der Waals surface area contributed by atoms with Crippen molar-refractivity contribution in [3.63, 3.8) is 0 Å². The third kappa shape index (κ3) is 5.90. The predicted octanol–water partition coefficient (Wildman–Crippen LogP) is 5.04. The molecule has 0 saturated carbocycles. The molecule has 0 unspecified atom stereocenters. The molecule has 1 N–H and O–H groups in total. The summed E-state index contributed by atoms with van der Waals surface area (Å²) >= 11 is 0. The van der Waals surface area contributed by atoms with Crippen molar-refractivity contribution in [2.75, 3.05) is 0 Å². The molecular formula is C26H24F2N4O2. The van der Waals surface area contributed by atoms with Crippen LogP contribution in [-0.4, -0.2) is 20.8 Å². The van der Waals surface area contributed by atoms with Crippen molar-refractivity contribution in [2.45, 2.75) is 32.6 Å². The summed E-state index contributed by atoms with van der Waals surface area (Å²) in [6, 6.07) is 16.8. The van der Waals surface area contributed by atoms with Crippen molar-refractivity contribution in [1.82, 2.24) is 20.2 Å². The summed E-state index contributed by atoms with van der Waals surface area (Å²) in [5, 5.41) is 2.78. The highest BCUT2D eigenvalue weighted by Crippen LogP contribution is 2.25. The zero-order chi connectivity index (χ0) is 23.9. The number of aromatic nitrogens is 2. The number of hydrogen-bond donors (Lipinski definition) is 1. The van der Waals surface area contributed by atoms with Gasteiger partial charge < -0.3 is 9.73 Å². The Morgan fingerprint density at radius 1 is 1.09 bits per heavy atom. The fourth-order valence-electron chi connectivity index (χ4n) is 3.58. The highest BCUT2D eigenvalue weighted by molar-refractivity contribution is 5.91. The molecule has 0 bridgehead atoms. The van der Waals surface area contributed by atoms with Crippen LogP contribution in [0.3, 0.4) is 0 Å². The summed E-state index contributed by atoms with van der Waals surface area (Å²) in [6.45, 7) is 2.73. The van der Waals surface area contributed by atoms with E-state index in [1.54, 1.807) is 18.5 Å². The van der Waals surface area contributed by atoms with E-state index in [0.29, 0.717) is 18.0 Å². The average Bonchev–Trinajstić information content (AvgIpc) is 3.33. The van der Waals surface area contributed by atoms with Crippen LogP contribution in [0.2, 0.25) is 0 Å². The second-order valence-corrected chi connectivity index (χ2v) is 7.90. The van der Waals surface area contributed by atoms with Crippen LogP contribution in [0.4, 0.5) is 8.78 Å². The lowest BCUT2D eigenvalue weighted by Crippen LogP contribution is -2.27. The molecule has 0 fully saturated rings. The lowest BCUT2D eigenvalue weighted by molar-refractivity contribution is 0.0945. The van der Waals surface area contributed by atoms with Crippen LogP contribution in [0, 0.1) is 11.6 Å². The lowest BCUT2D eigenvalue weighted by atomic mass is 10.1. The van der Waals surface area contributed by atoms with Crippen LogP contribution >= 0.6 is 0 Å². The van der Waals surface area contributed by atoms with Gasteiger partial charge in [0.2, 0.25) is 5.89 Å². The van der Waals surface area contributed by atoms with Crippen molar-refractivity contribution in [1.29, 1.82) is 0 Å². The molecule has 1 amide bonds. The van der Waals surface area contributed by atoms with Gasteiger partial charge in [-0.2, -0.15) is 0 Å². The van der Waals surface area contributed by atoms with Crippen LogP contribution in [0.15, 0.2) is 83.7 Å². The van der Waals surface area contributed by atoms with Crippen molar-refractivity contribution in [2.24, 2.45) is 0 Å². The number of oxazole rings is 1. The molecule has 174 valence electrons. The van der Waals surface area contributed by atoms with Crippen molar-refractivity contribution >= 4 is 5.91 Å². The third-order valence-corrected chi connectivity index (χ3v) is 5.52. The van der Waals surface area contributed by atoms with Gasteiger partial charge in [-0.1, -0.05) is 42.5 Å². The van der Waals surface area contributed by atoms with Crippen molar-refractivity contribution < 1.29 is 18.0 Å². The Balaban J connectivity index is 1.49. The topological polar surface area (TPSA) is 71.3 Å². The number of nitrogens with one attached hydrogen (secondary N) is 1. The Morgan fingerprint density at radius 2 is 1.91 bits per heavy atom. The van der Waals surface area contributed by atoms with Crippen LogP contribution in [-0.2, 0) is 19.6 Å². The molecule has 2 aromatic carbocycles. The Bertz CT molecular complexity index is 1230. The van der Waals surface area contributed by atoms with E-state index in [4.69, 9.17) is 4.42 Å². The molecule has 0 spiro atoms. The molecule has 6 nitrogen and oxygen atoms in total. The number of carbonyl (C=O) groups is 1. The molecule has 4 rings (SSSR count). The fraction of sp³-hybridized carbons (Fsp3) is 0.192. The first-order chi connectivity index (χ1) is 16.5. The molecule has 0 aliphatic heterocycles. The summed E-state index contributed by atoms with van der Waals surface area (Å²) in [5.74, 6) is -1.30. The molecule has 0 aliphatic rings. The van der Waals surface area contributed by atoms with Gasteiger partial charge in [-0.15, -0.1) is 0 Å². The summed E-state index contributed by atoms with van der Waals surface area (Å²) < 4.78 is 33.3. The molecule has 34 heavy (non-hydrogen) atoms. The predicted molar refractivity (Wildman–Crippen MR) is 122 cm³/mol. The summed E-state index contributed by atoms with van der Waals surface area (Å²) in [6.07, 6.45) is 4.64. The van der Waals surface area contributed by atoms with E-state index < -0.39 is 11.6 Å². The minimum atomic E-state index is -0.626. The first-order valence-corrected chi connectivity index (χ1v) is 10.8. The maximum Gasteiger partial charge on any atom is 0.273 e. The highest BCUT2D eigenvalue weighted by Gasteiger charge is 2.21. The number of amides is 1. The first-order valence-electron chi connectivity index (χ1n) is 10.8. The number of rotatable bonds is 9. The summed E-state index contributed by atoms with van der Waals surface area (Å²) in [5.41, 5.74) is 2.39. The van der Waals surface area contributed by atoms with Gasteiger partial charge in [-0.05, 0) is 30.2 Å². The van der Waals surface area contributed by atoms with Gasteiger partial charge in [-0.3, -0.25) is 14.7 Å². The minimum Gasteiger partial charge on any atom is -0.447 e. The molecule has 0 saturated heterocycles. The molecule has 8 heteroatoms. The Labute approximate surface area is 196 Å². The maximum atomic E-state index is 14.4. The second-order valence-electron chi connectivity index (χ2n) is 7.90. The highest BCUT2D eigenvalue weighted by atomic mass is 19.1. The van der Waals surface area contributed by atoms with Crippen LogP contribution in [0.1, 0.15) is 46.0 Å². The Hall–Kier alpha value is -3.91. The van der Waals surface area contributed by atoms with Crippen molar-refractivity contribution in [3.05, 3.63) is 119 Å². The van der Waals surface area contributed by atoms with E-state index in [9.17, 15) is 13.6 Å². The normalized spacial score (nSPS) is 12.0. The summed E-state index contributed by atoms with van der Waals surface area (Å²) in [7, 11) is 0. The zero-order valence-corrected chi connectivity index (χ0v) is 18.6. The van der Waals surface area contributed by atoms with Crippen LogP contribution < -0.4 is 5.32 Å². The van der Waals surface area contributed by atoms with E-state index >= 15 is 0 Å². The van der Waals surface area contributed by atoms with E-state index in [-0.39, 0.29) is 30.7 Å². The van der Waals surface area contributed by atoms with Crippen LogP contribution in [0.25, 0.3) is 0 Å². The number of halogens is 2. The van der Waals surface area contributed by atoms with Gasteiger partial charge in [0, 0.05) is 43.2 Å². The Kier molecular flexibility index (Phi) is 7.39. The molecule has 0 radical (unpaired) electrons. The van der Waals surface area contributed by atoms with Crippen LogP contribution in [0.5, 0.6) is 0 Å². The minimum absolute atomic E-state index is 0.125. The third-order valence-electron chi connectivity index (χ3n) is 5.52. The number of pyridine rings is 1. The van der Waals surface area contributed by atoms with Gasteiger partial charge in [0.15, 0.2) is 5.69 Å². The molecule has 4 aromatic rings. The molecule has 0 aliphatic carbocycles. The molecular weight excluding hydrogens is 438 g/mol. The van der Waals surface area contributed by atoms with Gasteiger partial charge in [0.1, 0.15) is 17.9 Å². The van der Waals surface area contributed by atoms with E-state index in [0.717, 1.165) is 17.2 Å². The monoisotopic (exact) mass is 462 g/mol. The van der Waals surface area contributed by atoms with Gasteiger partial charge >= 0.3 is 0 Å². The zero-order valence-electron chi connectivity index (χ0n) is 18.6. The van der Waals surface area contributed by atoms with Gasteiger partial charge in [0.05, 0.1) is 6.54 Å². The van der Waals surface area contributed by atoms with E-state index in [1.165, 1.54) is 18.4 Å². The maximum absolute atomic E-state index is 14.4. The number of nitrogens with zero attached hydrogens (tertiary/aromatic N) is 3. The fourth-order valence-corrected chi connectivity index (χ4v) is 3.58. The van der Waals surface area contributed by atoms with Crippen molar-refractivity contribution in [3.8, 4) is 0 Å². The Morgan fingerprint density at radius 3 is 2.65 bits per heavy atom. The smallest absolute Gasteiger partial charge is 0.273 e. The quantitative estimate of drug-likeness (QED) is 0.377. The van der Waals surface area contributed by atoms with Gasteiger partial charge in [0.25, 0.3) is 5.91 Å². The lowest BCUT2D eigenvalue weighted by Gasteiger charge is -2.28. The summed E-state index contributed by atoms with van der Waals surface area (Å²) in [4.78, 5) is 22.8. The molecule has 2 heterocycles. The largest absolute Gasteiger partial charge is 0.447 e. The van der Waals surface area contributed by atoms with E-state index in [2.05, 4.69) is 15.3 Å². The number of benzene rings is 2. The van der Waals surface area contributed by atoms with Gasteiger partial charge in [-0.25, -0.2) is 13.8 Å². The number of hydrogen-bond acceptors (Lipinski definition) is 5. The molecule has 2 aromatic heterocycles.